The van der Waals surface area contributed by atoms with Gasteiger partial charge in [0.25, 0.3) is 0 Å². The summed E-state index contributed by atoms with van der Waals surface area (Å²) in [5, 5.41) is 17.5. The first-order chi connectivity index (χ1) is 17.7. The molecule has 5 rings (SSSR count). The molecule has 0 atom stereocenters. The summed E-state index contributed by atoms with van der Waals surface area (Å²) in [5.41, 5.74) is 8.96. The van der Waals surface area contributed by atoms with Crippen molar-refractivity contribution in [2.24, 2.45) is 0 Å². The topological polar surface area (TPSA) is 46.5 Å². The molecule has 0 saturated heterocycles. The molecule has 0 fully saturated rings. The van der Waals surface area contributed by atoms with E-state index in [9.17, 15) is 4.79 Å². The summed E-state index contributed by atoms with van der Waals surface area (Å²) >= 11 is 3.40. The molecular formula is C31H24O3S2. The Morgan fingerprint density at radius 2 is 1.22 bits per heavy atom. The molecule has 0 unspecified atom stereocenters. The molecule has 0 saturated carbocycles. The lowest BCUT2D eigenvalue weighted by Gasteiger charge is -2.12. The molecule has 178 valence electrons. The van der Waals surface area contributed by atoms with Gasteiger partial charge < -0.3 is 9.84 Å². The van der Waals surface area contributed by atoms with E-state index in [1.807, 2.05) is 12.1 Å². The summed E-state index contributed by atoms with van der Waals surface area (Å²) in [6.45, 7) is 0.395. The van der Waals surface area contributed by atoms with Crippen LogP contribution in [0.15, 0.2) is 113 Å². The molecular weight excluding hydrogens is 484 g/mol. The van der Waals surface area contributed by atoms with E-state index in [-0.39, 0.29) is 6.42 Å². The smallest absolute Gasteiger partial charge is 0.307 e. The van der Waals surface area contributed by atoms with E-state index in [1.54, 1.807) is 34.8 Å². The van der Waals surface area contributed by atoms with Crippen molar-refractivity contribution >= 4 is 34.2 Å². The Morgan fingerprint density at radius 1 is 0.694 bits per heavy atom. The Bertz CT molecular complexity index is 1350. The van der Waals surface area contributed by atoms with Gasteiger partial charge in [0.1, 0.15) is 12.4 Å². The number of rotatable bonds is 9. The fourth-order valence-corrected chi connectivity index (χ4v) is 5.37. The van der Waals surface area contributed by atoms with E-state index in [4.69, 9.17) is 9.84 Å². The molecule has 2 heterocycles. The number of carboxylic acids is 1. The Balaban J connectivity index is 1.39. The molecule has 5 aromatic rings. The largest absolute Gasteiger partial charge is 0.490 e. The quantitative estimate of drug-likeness (QED) is 0.218. The molecule has 0 aliphatic rings. The number of aliphatic carboxylic acids is 1. The zero-order chi connectivity index (χ0) is 24.7. The van der Waals surface area contributed by atoms with Crippen molar-refractivity contribution in [1.82, 2.24) is 0 Å². The van der Waals surface area contributed by atoms with Crippen molar-refractivity contribution in [3.8, 4) is 28.0 Å². The van der Waals surface area contributed by atoms with Crippen molar-refractivity contribution in [2.75, 3.05) is 6.61 Å². The fourth-order valence-electron chi connectivity index (χ4n) is 4.04. The molecule has 3 aromatic carbocycles. The summed E-state index contributed by atoms with van der Waals surface area (Å²) in [5.74, 6) is -0.133. The summed E-state index contributed by atoms with van der Waals surface area (Å²) in [4.78, 5) is 10.9. The predicted molar refractivity (Wildman–Crippen MR) is 150 cm³/mol. The molecule has 2 aromatic heterocycles. The fraction of sp³-hybridized carbons (Fsp3) is 0.0645. The first-order valence-electron chi connectivity index (χ1n) is 11.6. The van der Waals surface area contributed by atoms with Gasteiger partial charge in [-0.05, 0) is 96.4 Å². The van der Waals surface area contributed by atoms with Crippen molar-refractivity contribution < 1.29 is 14.6 Å². The van der Waals surface area contributed by atoms with Gasteiger partial charge >= 0.3 is 5.97 Å². The lowest BCUT2D eigenvalue weighted by atomic mass is 9.94. The Morgan fingerprint density at radius 3 is 1.67 bits per heavy atom. The highest BCUT2D eigenvalue weighted by Gasteiger charge is 2.08. The summed E-state index contributed by atoms with van der Waals surface area (Å²) in [6.07, 6.45) is 2.11. The normalized spacial score (nSPS) is 10.7. The van der Waals surface area contributed by atoms with Crippen LogP contribution in [0.2, 0.25) is 0 Å². The minimum Gasteiger partial charge on any atom is -0.490 e. The maximum Gasteiger partial charge on any atom is 0.307 e. The predicted octanol–water partition coefficient (Wildman–Crippen LogP) is 8.28. The van der Waals surface area contributed by atoms with Crippen LogP contribution in [0.25, 0.3) is 27.8 Å². The molecule has 36 heavy (non-hydrogen) atoms. The van der Waals surface area contributed by atoms with Gasteiger partial charge in [0, 0.05) is 0 Å². The van der Waals surface area contributed by atoms with E-state index in [2.05, 4.69) is 88.3 Å². The highest BCUT2D eigenvalue weighted by Crippen LogP contribution is 2.30. The van der Waals surface area contributed by atoms with Gasteiger partial charge in [-0.1, -0.05) is 60.7 Å². The van der Waals surface area contributed by atoms with E-state index in [0.29, 0.717) is 12.4 Å². The maximum atomic E-state index is 10.9. The molecule has 0 aliphatic carbocycles. The third-order valence-electron chi connectivity index (χ3n) is 5.92. The SMILES string of the molecule is O=C(O)Cc1ccc(OCC=C(c2ccc(-c3ccsc3)cc2)c2ccc(-c3ccsc3)cc2)cc1. The molecule has 0 spiro atoms. The molecule has 0 bridgehead atoms. The third-order valence-corrected chi connectivity index (χ3v) is 7.28. The van der Waals surface area contributed by atoms with Crippen LogP contribution < -0.4 is 4.74 Å². The van der Waals surface area contributed by atoms with Gasteiger partial charge in [0.15, 0.2) is 0 Å². The first-order valence-corrected chi connectivity index (χ1v) is 13.4. The van der Waals surface area contributed by atoms with Crippen LogP contribution in [0.4, 0.5) is 0 Å². The van der Waals surface area contributed by atoms with Crippen molar-refractivity contribution in [3.63, 3.8) is 0 Å². The van der Waals surface area contributed by atoms with Crippen LogP contribution in [-0.4, -0.2) is 17.7 Å². The number of hydrogen-bond donors (Lipinski definition) is 1. The second-order valence-electron chi connectivity index (χ2n) is 8.32. The Hall–Kier alpha value is -3.93. The van der Waals surface area contributed by atoms with Gasteiger partial charge in [-0.2, -0.15) is 22.7 Å². The minimum absolute atomic E-state index is 0.00703. The van der Waals surface area contributed by atoms with E-state index in [1.165, 1.54) is 22.3 Å². The van der Waals surface area contributed by atoms with Crippen LogP contribution in [-0.2, 0) is 11.2 Å². The number of thiophene rings is 2. The standard InChI is InChI=1S/C31H24O3S2/c32-31(33)19-22-1-11-29(12-2-22)34-16-13-30(25-7-3-23(4-8-25)27-14-17-35-20-27)26-9-5-24(6-10-26)28-15-18-36-21-28/h1-15,17-18,20-21H,16,19H2,(H,32,33). The van der Waals surface area contributed by atoms with Gasteiger partial charge in [-0.15, -0.1) is 0 Å². The average Bonchev–Trinajstić information content (AvgIpc) is 3.63. The number of hydrogen-bond acceptors (Lipinski definition) is 4. The monoisotopic (exact) mass is 508 g/mol. The highest BCUT2D eigenvalue weighted by molar-refractivity contribution is 7.08. The number of benzene rings is 3. The van der Waals surface area contributed by atoms with E-state index in [0.717, 1.165) is 22.3 Å². The molecule has 3 nitrogen and oxygen atoms in total. The van der Waals surface area contributed by atoms with Gasteiger partial charge in [-0.3, -0.25) is 4.79 Å². The summed E-state index contributed by atoms with van der Waals surface area (Å²) in [7, 11) is 0. The third kappa shape index (κ3) is 5.82. The lowest BCUT2D eigenvalue weighted by Crippen LogP contribution is -2.00. The minimum atomic E-state index is -0.841. The number of carbonyl (C=O) groups is 1. The van der Waals surface area contributed by atoms with E-state index >= 15 is 0 Å². The van der Waals surface area contributed by atoms with Crippen molar-refractivity contribution in [3.05, 3.63) is 129 Å². The van der Waals surface area contributed by atoms with Gasteiger partial charge in [-0.25, -0.2) is 0 Å². The van der Waals surface area contributed by atoms with Crippen LogP contribution in [0.1, 0.15) is 16.7 Å². The number of carboxylic acid groups (broad SMARTS) is 1. The molecule has 0 radical (unpaired) electrons. The van der Waals surface area contributed by atoms with Crippen LogP contribution in [0, 0.1) is 0 Å². The molecule has 0 amide bonds. The first kappa shape index (κ1) is 23.8. The molecule has 0 aliphatic heterocycles. The molecule has 1 N–H and O–H groups in total. The van der Waals surface area contributed by atoms with Gasteiger partial charge in [0.2, 0.25) is 0 Å². The van der Waals surface area contributed by atoms with Crippen molar-refractivity contribution in [1.29, 1.82) is 0 Å². The zero-order valence-corrected chi connectivity index (χ0v) is 21.1. The van der Waals surface area contributed by atoms with E-state index < -0.39 is 5.97 Å². The second kappa shape index (κ2) is 11.2. The average molecular weight is 509 g/mol. The lowest BCUT2D eigenvalue weighted by molar-refractivity contribution is -0.136. The Kier molecular flexibility index (Phi) is 7.41. The van der Waals surface area contributed by atoms with Crippen LogP contribution in [0.3, 0.4) is 0 Å². The van der Waals surface area contributed by atoms with Crippen LogP contribution in [0.5, 0.6) is 5.75 Å². The summed E-state index contributed by atoms with van der Waals surface area (Å²) < 4.78 is 5.98. The zero-order valence-electron chi connectivity index (χ0n) is 19.5. The second-order valence-corrected chi connectivity index (χ2v) is 9.88. The summed E-state index contributed by atoms with van der Waals surface area (Å²) in [6, 6.07) is 28.8. The van der Waals surface area contributed by atoms with Crippen molar-refractivity contribution in [2.45, 2.75) is 6.42 Å². The molecule has 5 heteroatoms. The maximum absolute atomic E-state index is 10.9. The van der Waals surface area contributed by atoms with Crippen LogP contribution >= 0.6 is 22.7 Å². The highest BCUT2D eigenvalue weighted by atomic mass is 32.1. The number of ether oxygens (including phenoxy) is 1. The Labute approximate surface area is 218 Å². The van der Waals surface area contributed by atoms with Gasteiger partial charge in [0.05, 0.1) is 6.42 Å².